The number of primary amides is 1. The third-order valence-corrected chi connectivity index (χ3v) is 6.51. The number of carbonyl (C=O) groups excluding carboxylic acids is 2. The predicted molar refractivity (Wildman–Crippen MR) is 112 cm³/mol. The smallest absolute Gasteiger partial charge is 0.251 e. The average molecular weight is 402 g/mol. The summed E-state index contributed by atoms with van der Waals surface area (Å²) >= 11 is 1.48. The van der Waals surface area contributed by atoms with Crippen LogP contribution >= 0.6 is 11.3 Å². The number of aryl methyl sites for hydroxylation is 2. The van der Waals surface area contributed by atoms with Crippen molar-refractivity contribution in [3.63, 3.8) is 0 Å². The summed E-state index contributed by atoms with van der Waals surface area (Å²) in [4.78, 5) is 27.9. The Kier molecular flexibility index (Phi) is 6.05. The Morgan fingerprint density at radius 2 is 2.11 bits per heavy atom. The number of methoxy groups -OCH3 is 1. The molecule has 0 fully saturated rings. The molecule has 0 spiro atoms. The summed E-state index contributed by atoms with van der Waals surface area (Å²) in [5, 5.41) is 3.51. The first kappa shape index (κ1) is 20.4. The number of carbonyl (C=O) groups is 2. The summed E-state index contributed by atoms with van der Waals surface area (Å²) in [5.41, 5.74) is 9.25. The molecule has 2 amide bonds. The molecule has 0 aliphatic heterocycles. The van der Waals surface area contributed by atoms with Crippen molar-refractivity contribution < 1.29 is 14.3 Å². The van der Waals surface area contributed by atoms with Gasteiger partial charge in [-0.25, -0.2) is 0 Å². The zero-order valence-electron chi connectivity index (χ0n) is 16.8. The van der Waals surface area contributed by atoms with Gasteiger partial charge in [-0.05, 0) is 51.8 Å². The number of nitrogens with two attached hydrogens (primary N) is 1. The van der Waals surface area contributed by atoms with Crippen LogP contribution in [0.25, 0.3) is 0 Å². The number of nitrogens with one attached hydrogen (secondary N) is 1. The highest BCUT2D eigenvalue weighted by molar-refractivity contribution is 7.17. The molecule has 1 heterocycles. The maximum atomic E-state index is 12.8. The fourth-order valence-corrected chi connectivity index (χ4v) is 4.90. The van der Waals surface area contributed by atoms with E-state index in [2.05, 4.69) is 11.4 Å². The molecule has 0 unspecified atom stereocenters. The summed E-state index contributed by atoms with van der Waals surface area (Å²) < 4.78 is 5.44. The highest BCUT2D eigenvalue weighted by Crippen LogP contribution is 2.39. The molecule has 6 nitrogen and oxygen atoms in total. The van der Waals surface area contributed by atoms with Crippen molar-refractivity contribution in [1.29, 1.82) is 0 Å². The molecule has 150 valence electrons. The van der Waals surface area contributed by atoms with Crippen molar-refractivity contribution in [3.8, 4) is 5.75 Å². The molecule has 1 aliphatic rings. The zero-order valence-corrected chi connectivity index (χ0v) is 17.6. The van der Waals surface area contributed by atoms with Gasteiger partial charge in [0.05, 0.1) is 18.7 Å². The molecule has 1 aromatic heterocycles. The fraction of sp³-hybridized carbons (Fsp3) is 0.429. The molecule has 7 heteroatoms. The van der Waals surface area contributed by atoms with E-state index in [1.807, 2.05) is 37.9 Å². The summed E-state index contributed by atoms with van der Waals surface area (Å²) in [6.07, 6.45) is 2.83. The lowest BCUT2D eigenvalue weighted by Crippen LogP contribution is -2.39. The number of hydrogen-bond donors (Lipinski definition) is 2. The van der Waals surface area contributed by atoms with Gasteiger partial charge in [0.15, 0.2) is 0 Å². The van der Waals surface area contributed by atoms with Crippen LogP contribution in [0.5, 0.6) is 5.75 Å². The van der Waals surface area contributed by atoms with Crippen molar-refractivity contribution in [2.45, 2.75) is 45.7 Å². The van der Waals surface area contributed by atoms with Crippen LogP contribution in [0.2, 0.25) is 0 Å². The van der Waals surface area contributed by atoms with Gasteiger partial charge in [0, 0.05) is 17.0 Å². The SMILES string of the molecule is COc1ccc(C)cc1CN(C)[C@@H](C)C(=O)Nc1sc2c(c1C(N)=O)CCC2. The van der Waals surface area contributed by atoms with Crippen molar-refractivity contribution in [3.05, 3.63) is 45.3 Å². The molecule has 1 atom stereocenters. The largest absolute Gasteiger partial charge is 0.496 e. The van der Waals surface area contributed by atoms with E-state index in [0.717, 1.165) is 46.6 Å². The van der Waals surface area contributed by atoms with Crippen LogP contribution in [0, 0.1) is 6.92 Å². The minimum Gasteiger partial charge on any atom is -0.496 e. The van der Waals surface area contributed by atoms with Crippen molar-refractivity contribution >= 4 is 28.2 Å². The van der Waals surface area contributed by atoms with E-state index in [1.54, 1.807) is 7.11 Å². The number of nitrogens with zero attached hydrogens (tertiary/aromatic N) is 1. The van der Waals surface area contributed by atoms with Gasteiger partial charge in [-0.2, -0.15) is 0 Å². The quantitative estimate of drug-likeness (QED) is 0.747. The van der Waals surface area contributed by atoms with Gasteiger partial charge in [-0.3, -0.25) is 14.5 Å². The van der Waals surface area contributed by atoms with Gasteiger partial charge >= 0.3 is 0 Å². The van der Waals surface area contributed by atoms with E-state index in [1.165, 1.54) is 11.3 Å². The minimum atomic E-state index is -0.472. The van der Waals surface area contributed by atoms with E-state index >= 15 is 0 Å². The minimum absolute atomic E-state index is 0.156. The molecule has 3 rings (SSSR count). The molecular formula is C21H27N3O3S. The van der Waals surface area contributed by atoms with E-state index in [9.17, 15) is 9.59 Å². The number of rotatable bonds is 7. The topological polar surface area (TPSA) is 84.7 Å². The Balaban J connectivity index is 1.73. The summed E-state index contributed by atoms with van der Waals surface area (Å²) in [5.74, 6) is 0.174. The normalized spacial score (nSPS) is 14.0. The number of ether oxygens (including phenoxy) is 1. The van der Waals surface area contributed by atoms with Crippen LogP contribution in [0.4, 0.5) is 5.00 Å². The first-order valence-corrected chi connectivity index (χ1v) is 10.2. The molecule has 0 saturated heterocycles. The van der Waals surface area contributed by atoms with Gasteiger partial charge in [0.1, 0.15) is 10.8 Å². The first-order valence-electron chi connectivity index (χ1n) is 9.40. The number of anilines is 1. The van der Waals surface area contributed by atoms with Crippen LogP contribution in [0.15, 0.2) is 18.2 Å². The lowest BCUT2D eigenvalue weighted by Gasteiger charge is -2.25. The van der Waals surface area contributed by atoms with E-state index in [-0.39, 0.29) is 11.9 Å². The number of amides is 2. The van der Waals surface area contributed by atoms with Crippen LogP contribution in [-0.2, 0) is 24.2 Å². The summed E-state index contributed by atoms with van der Waals surface area (Å²) in [6, 6.07) is 5.62. The molecule has 2 aromatic rings. The monoisotopic (exact) mass is 401 g/mol. The van der Waals surface area contributed by atoms with Crippen molar-refractivity contribution in [2.75, 3.05) is 19.5 Å². The van der Waals surface area contributed by atoms with Crippen LogP contribution in [0.3, 0.4) is 0 Å². The van der Waals surface area contributed by atoms with E-state index < -0.39 is 5.91 Å². The Morgan fingerprint density at radius 3 is 2.79 bits per heavy atom. The first-order chi connectivity index (χ1) is 13.3. The van der Waals surface area contributed by atoms with Crippen LogP contribution < -0.4 is 15.8 Å². The van der Waals surface area contributed by atoms with Crippen LogP contribution in [-0.4, -0.2) is 36.9 Å². The van der Waals surface area contributed by atoms with E-state index in [4.69, 9.17) is 10.5 Å². The Bertz CT molecular complexity index is 907. The number of hydrogen-bond acceptors (Lipinski definition) is 5. The second-order valence-electron chi connectivity index (χ2n) is 7.32. The highest BCUT2D eigenvalue weighted by Gasteiger charge is 2.28. The molecule has 0 radical (unpaired) electrons. The molecule has 0 saturated carbocycles. The van der Waals surface area contributed by atoms with Gasteiger partial charge < -0.3 is 15.8 Å². The lowest BCUT2D eigenvalue weighted by molar-refractivity contribution is -0.120. The second-order valence-corrected chi connectivity index (χ2v) is 8.43. The molecular weight excluding hydrogens is 374 g/mol. The number of thiophene rings is 1. The van der Waals surface area contributed by atoms with E-state index in [0.29, 0.717) is 17.1 Å². The maximum absolute atomic E-state index is 12.8. The highest BCUT2D eigenvalue weighted by atomic mass is 32.1. The molecule has 1 aromatic carbocycles. The van der Waals surface area contributed by atoms with Gasteiger partial charge in [0.2, 0.25) is 5.91 Å². The standard InChI is InChI=1S/C21H27N3O3S/c1-12-8-9-16(27-4)14(10-12)11-24(3)13(2)20(26)23-21-18(19(22)25)15-6-5-7-17(15)28-21/h8-10,13H,5-7,11H2,1-4H3,(H2,22,25)(H,23,26)/t13-/m0/s1. The third-order valence-electron chi connectivity index (χ3n) is 5.30. The van der Waals surface area contributed by atoms with Crippen LogP contribution in [0.1, 0.15) is 45.3 Å². The Morgan fingerprint density at radius 1 is 1.36 bits per heavy atom. The number of fused-ring (bicyclic) bond motifs is 1. The number of benzene rings is 1. The number of likely N-dealkylation sites (N-methyl/N-ethyl adjacent to an activating group) is 1. The molecule has 3 N–H and O–H groups in total. The average Bonchev–Trinajstić information content (AvgIpc) is 3.21. The Labute approximate surface area is 169 Å². The summed E-state index contributed by atoms with van der Waals surface area (Å²) in [6.45, 7) is 4.45. The fourth-order valence-electron chi connectivity index (χ4n) is 3.61. The molecule has 1 aliphatic carbocycles. The molecule has 0 bridgehead atoms. The zero-order chi connectivity index (χ0) is 20.4. The van der Waals surface area contributed by atoms with Gasteiger partial charge in [-0.15, -0.1) is 11.3 Å². The Hall–Kier alpha value is -2.38. The predicted octanol–water partition coefficient (Wildman–Crippen LogP) is 3.11. The lowest BCUT2D eigenvalue weighted by atomic mass is 10.1. The van der Waals surface area contributed by atoms with Crippen molar-refractivity contribution in [1.82, 2.24) is 4.90 Å². The molecule has 28 heavy (non-hydrogen) atoms. The van der Waals surface area contributed by atoms with Gasteiger partial charge in [-0.1, -0.05) is 17.7 Å². The second kappa shape index (κ2) is 8.32. The van der Waals surface area contributed by atoms with Gasteiger partial charge in [0.25, 0.3) is 5.91 Å². The maximum Gasteiger partial charge on any atom is 0.251 e. The summed E-state index contributed by atoms with van der Waals surface area (Å²) in [7, 11) is 3.54. The third kappa shape index (κ3) is 4.05. The van der Waals surface area contributed by atoms with Crippen molar-refractivity contribution in [2.24, 2.45) is 5.73 Å².